The summed E-state index contributed by atoms with van der Waals surface area (Å²) in [6.45, 7) is 15.0. The molecule has 0 spiro atoms. The molecule has 0 aliphatic rings. The van der Waals surface area contributed by atoms with Crippen molar-refractivity contribution in [2.45, 2.75) is 46.2 Å². The summed E-state index contributed by atoms with van der Waals surface area (Å²) in [5, 5.41) is 21.2. The van der Waals surface area contributed by atoms with E-state index in [1.807, 2.05) is 0 Å². The number of carbonyl (C=O) groups excluding carboxylic acids is 1. The molecule has 4 nitrogen and oxygen atoms in total. The van der Waals surface area contributed by atoms with Crippen LogP contribution in [-0.4, -0.2) is 38.9 Å². The van der Waals surface area contributed by atoms with Gasteiger partial charge in [-0.15, -0.1) is 0 Å². The molecule has 6 heteroatoms. The zero-order valence-electron chi connectivity index (χ0n) is 15.2. The van der Waals surface area contributed by atoms with Crippen molar-refractivity contribution in [3.63, 3.8) is 0 Å². The van der Waals surface area contributed by atoms with Gasteiger partial charge in [0.05, 0.1) is 22.8 Å². The topological polar surface area (TPSA) is 66.8 Å². The van der Waals surface area contributed by atoms with Crippen LogP contribution in [0.3, 0.4) is 0 Å². The highest BCUT2D eigenvalue weighted by atomic mass is 28.3. The van der Waals surface area contributed by atoms with Crippen molar-refractivity contribution in [3.05, 3.63) is 29.0 Å². The molecule has 0 bridgehead atoms. The molecule has 0 atom stereocenters. The molecule has 0 radical (unpaired) electrons. The number of carbonyl (C=O) groups is 1. The summed E-state index contributed by atoms with van der Waals surface area (Å²) in [4.78, 5) is 12.7. The molecule has 0 saturated heterocycles. The van der Waals surface area contributed by atoms with Crippen LogP contribution in [-0.2, 0) is 9.53 Å². The molecule has 1 rings (SSSR count). The second-order valence-corrected chi connectivity index (χ2v) is 17.7. The van der Waals surface area contributed by atoms with Crippen molar-refractivity contribution >= 4 is 27.3 Å². The maximum absolute atomic E-state index is 12.7. The van der Waals surface area contributed by atoms with Crippen LogP contribution in [0.25, 0.3) is 5.20 Å². The van der Waals surface area contributed by atoms with Gasteiger partial charge in [-0.3, -0.25) is 0 Å². The van der Waals surface area contributed by atoms with Gasteiger partial charge >= 0.3 is 5.97 Å². The molecule has 0 aliphatic heterocycles. The van der Waals surface area contributed by atoms with Crippen LogP contribution in [0.5, 0.6) is 11.5 Å². The van der Waals surface area contributed by atoms with Crippen molar-refractivity contribution in [1.82, 2.24) is 0 Å². The molecule has 23 heavy (non-hydrogen) atoms. The van der Waals surface area contributed by atoms with Gasteiger partial charge < -0.3 is 14.9 Å². The Morgan fingerprint density at radius 2 is 1.57 bits per heavy atom. The summed E-state index contributed by atoms with van der Waals surface area (Å²) >= 11 is 0. The van der Waals surface area contributed by atoms with E-state index in [9.17, 15) is 15.0 Å². The summed E-state index contributed by atoms with van der Waals surface area (Å²) in [6, 6.07) is 4.78. The van der Waals surface area contributed by atoms with Gasteiger partial charge in [-0.2, -0.15) is 0 Å². The van der Waals surface area contributed by atoms with Crippen molar-refractivity contribution in [2.75, 3.05) is 6.61 Å². The van der Waals surface area contributed by atoms with E-state index in [0.29, 0.717) is 6.61 Å². The van der Waals surface area contributed by atoms with Gasteiger partial charge in [-0.05, 0) is 29.8 Å². The van der Waals surface area contributed by atoms with E-state index in [1.54, 1.807) is 19.1 Å². The molecule has 0 amide bonds. The lowest BCUT2D eigenvalue weighted by Gasteiger charge is -2.30. The van der Waals surface area contributed by atoms with Gasteiger partial charge in [0.2, 0.25) is 0 Å². The minimum atomic E-state index is -1.98. The van der Waals surface area contributed by atoms with Crippen LogP contribution < -0.4 is 0 Å². The van der Waals surface area contributed by atoms with Gasteiger partial charge in [-0.1, -0.05) is 45.3 Å². The van der Waals surface area contributed by atoms with Crippen molar-refractivity contribution in [2.24, 2.45) is 0 Å². The fraction of sp³-hybridized carbons (Fsp3) is 0.471. The predicted molar refractivity (Wildman–Crippen MR) is 100 cm³/mol. The lowest BCUT2D eigenvalue weighted by molar-refractivity contribution is -0.137. The van der Waals surface area contributed by atoms with E-state index in [-0.39, 0.29) is 17.5 Å². The minimum Gasteiger partial charge on any atom is -0.504 e. The highest BCUT2D eigenvalue weighted by Crippen LogP contribution is 2.37. The first-order chi connectivity index (χ1) is 10.4. The lowest BCUT2D eigenvalue weighted by Crippen LogP contribution is -2.37. The highest BCUT2D eigenvalue weighted by Gasteiger charge is 2.36. The summed E-state index contributed by atoms with van der Waals surface area (Å²) in [6.07, 6.45) is 0. The molecule has 0 heterocycles. The number of rotatable bonds is 5. The molecule has 0 aromatic heterocycles. The maximum Gasteiger partial charge on any atom is 0.329 e. The zero-order valence-corrected chi connectivity index (χ0v) is 17.2. The van der Waals surface area contributed by atoms with Gasteiger partial charge in [0.1, 0.15) is 0 Å². The monoisotopic (exact) mass is 352 g/mol. The highest BCUT2D eigenvalue weighted by molar-refractivity contribution is 6.99. The quantitative estimate of drug-likeness (QED) is 0.361. The summed E-state index contributed by atoms with van der Waals surface area (Å²) < 4.78 is 5.33. The Hall–Kier alpha value is -1.54. The minimum absolute atomic E-state index is 0.158. The van der Waals surface area contributed by atoms with Gasteiger partial charge in [0.25, 0.3) is 0 Å². The molecule has 2 N–H and O–H groups in total. The van der Waals surface area contributed by atoms with E-state index in [1.165, 1.54) is 6.07 Å². The summed E-state index contributed by atoms with van der Waals surface area (Å²) in [7, 11) is -3.89. The van der Waals surface area contributed by atoms with E-state index < -0.39 is 16.1 Å². The van der Waals surface area contributed by atoms with Crippen molar-refractivity contribution < 1.29 is 19.7 Å². The Morgan fingerprint density at radius 1 is 1.00 bits per heavy atom. The van der Waals surface area contributed by atoms with Crippen LogP contribution in [0.4, 0.5) is 0 Å². The number of esters is 1. The third-order valence-corrected chi connectivity index (χ3v) is 7.74. The van der Waals surface area contributed by atoms with Crippen LogP contribution in [0.2, 0.25) is 39.3 Å². The Morgan fingerprint density at radius 3 is 1.96 bits per heavy atom. The van der Waals surface area contributed by atoms with E-state index in [0.717, 1.165) is 16.0 Å². The Kier molecular flexibility index (Phi) is 5.87. The number of aromatic hydroxyl groups is 2. The standard InChI is InChI=1S/C17H28O4Si2/c1-8-21-17(20)16(23(5,6)7)15(22(2,3)4)12-9-10-13(18)14(19)11-12/h9-11,18-19H,8H2,1-7H3/b16-15+. The number of benzene rings is 1. The SMILES string of the molecule is CCOC(=O)/C(=C(/c1ccc(O)c(O)c1)[Si](C)(C)C)[Si](C)(C)C. The normalized spacial score (nSPS) is 13.5. The Bertz CT molecular complexity index is 622. The molecular weight excluding hydrogens is 324 g/mol. The second-order valence-electron chi connectivity index (χ2n) is 7.67. The van der Waals surface area contributed by atoms with Crippen LogP contribution in [0, 0.1) is 0 Å². The predicted octanol–water partition coefficient (Wildman–Crippen LogP) is 4.17. The van der Waals surface area contributed by atoms with Gasteiger partial charge in [0, 0.05) is 5.20 Å². The first-order valence-electron chi connectivity index (χ1n) is 7.84. The molecule has 1 aromatic rings. The van der Waals surface area contributed by atoms with Crippen LogP contribution in [0.15, 0.2) is 23.4 Å². The molecule has 0 fully saturated rings. The molecule has 1 aromatic carbocycles. The first kappa shape index (κ1) is 19.5. The third kappa shape index (κ3) is 4.72. The third-order valence-electron chi connectivity index (χ3n) is 3.49. The molecular formula is C17H28O4Si2. The number of hydrogen-bond donors (Lipinski definition) is 2. The fourth-order valence-corrected chi connectivity index (χ4v) is 8.32. The smallest absolute Gasteiger partial charge is 0.329 e. The average Bonchev–Trinajstić information content (AvgIpc) is 2.36. The van der Waals surface area contributed by atoms with E-state index >= 15 is 0 Å². The van der Waals surface area contributed by atoms with Crippen molar-refractivity contribution in [3.8, 4) is 11.5 Å². The van der Waals surface area contributed by atoms with Crippen LogP contribution >= 0.6 is 0 Å². The summed E-state index contributed by atoms with van der Waals surface area (Å²) in [5.41, 5.74) is 0.796. The van der Waals surface area contributed by atoms with E-state index in [4.69, 9.17) is 4.74 Å². The van der Waals surface area contributed by atoms with Crippen molar-refractivity contribution in [1.29, 1.82) is 0 Å². The fourth-order valence-electron chi connectivity index (χ4n) is 2.62. The molecule has 0 aliphatic carbocycles. The molecule has 128 valence electrons. The van der Waals surface area contributed by atoms with E-state index in [2.05, 4.69) is 39.3 Å². The molecule has 0 saturated carbocycles. The molecule has 0 unspecified atom stereocenters. The zero-order chi connectivity index (χ0) is 18.0. The lowest BCUT2D eigenvalue weighted by atomic mass is 10.2. The number of phenolic OH excluding ortho intramolecular Hbond substituents is 2. The van der Waals surface area contributed by atoms with Crippen LogP contribution in [0.1, 0.15) is 12.5 Å². The summed E-state index contributed by atoms with van der Waals surface area (Å²) in [5.74, 6) is -0.581. The Balaban J connectivity index is 3.77. The number of ether oxygens (including phenoxy) is 1. The second kappa shape index (κ2) is 6.92. The largest absolute Gasteiger partial charge is 0.504 e. The Labute approximate surface area is 140 Å². The van der Waals surface area contributed by atoms with Gasteiger partial charge in [-0.25, -0.2) is 4.79 Å². The maximum atomic E-state index is 12.7. The number of hydrogen-bond acceptors (Lipinski definition) is 4. The first-order valence-corrected chi connectivity index (χ1v) is 14.8. The van der Waals surface area contributed by atoms with Gasteiger partial charge in [0.15, 0.2) is 11.5 Å². The average molecular weight is 353 g/mol. The number of phenols is 2.